The lowest BCUT2D eigenvalue weighted by Gasteiger charge is -2.15. The molecule has 0 atom stereocenters. The number of allylic oxidation sites excluding steroid dienone is 2. The number of rotatable bonds is 6. The van der Waals surface area contributed by atoms with Crippen LogP contribution in [0.5, 0.6) is 5.88 Å². The molecule has 1 aliphatic rings. The second-order valence-corrected chi connectivity index (χ2v) is 7.08. The highest BCUT2D eigenvalue weighted by Crippen LogP contribution is 2.22. The first-order valence-corrected chi connectivity index (χ1v) is 9.84. The molecule has 0 bridgehead atoms. The summed E-state index contributed by atoms with van der Waals surface area (Å²) in [6, 6.07) is 8.29. The summed E-state index contributed by atoms with van der Waals surface area (Å²) in [6.07, 6.45) is 8.58. The van der Waals surface area contributed by atoms with Gasteiger partial charge in [0.1, 0.15) is 5.56 Å². The van der Waals surface area contributed by atoms with Gasteiger partial charge in [0.05, 0.1) is 6.21 Å². The number of benzene rings is 1. The van der Waals surface area contributed by atoms with Crippen molar-refractivity contribution in [3.05, 3.63) is 62.7 Å². The summed E-state index contributed by atoms with van der Waals surface area (Å²) >= 11 is 5.18. The second kappa shape index (κ2) is 9.83. The van der Waals surface area contributed by atoms with Crippen LogP contribution in [-0.4, -0.2) is 26.9 Å². The third kappa shape index (κ3) is 5.64. The molecule has 0 saturated heterocycles. The van der Waals surface area contributed by atoms with E-state index in [0.29, 0.717) is 12.2 Å². The monoisotopic (exact) mass is 413 g/mol. The number of anilines is 1. The summed E-state index contributed by atoms with van der Waals surface area (Å²) in [6.45, 7) is 0.454. The van der Waals surface area contributed by atoms with E-state index in [1.165, 1.54) is 23.0 Å². The van der Waals surface area contributed by atoms with Crippen LogP contribution in [-0.2, 0) is 6.54 Å². The van der Waals surface area contributed by atoms with E-state index in [-0.39, 0.29) is 16.2 Å². The van der Waals surface area contributed by atoms with E-state index in [0.717, 1.165) is 25.5 Å². The minimum Gasteiger partial charge on any atom is -0.494 e. The molecule has 2 amide bonds. The van der Waals surface area contributed by atoms with Gasteiger partial charge < -0.3 is 10.4 Å². The summed E-state index contributed by atoms with van der Waals surface area (Å²) in [5.74, 6) is -0.274. The molecule has 0 fully saturated rings. The van der Waals surface area contributed by atoms with Gasteiger partial charge in [-0.2, -0.15) is 5.10 Å². The highest BCUT2D eigenvalue weighted by Gasteiger charge is 2.12. The maximum Gasteiger partial charge on any atom is 0.339 e. The quantitative estimate of drug-likeness (QED) is 0.251. The van der Waals surface area contributed by atoms with Crippen LogP contribution < -0.4 is 16.3 Å². The van der Waals surface area contributed by atoms with Crippen LogP contribution in [0.3, 0.4) is 0 Å². The van der Waals surface area contributed by atoms with Crippen molar-refractivity contribution in [2.75, 3.05) is 5.32 Å². The van der Waals surface area contributed by atoms with Gasteiger partial charge in [0.15, 0.2) is 4.77 Å². The van der Waals surface area contributed by atoms with E-state index < -0.39 is 11.6 Å². The molecule has 9 heteroatoms. The first-order valence-electron chi connectivity index (χ1n) is 9.43. The zero-order valence-corrected chi connectivity index (χ0v) is 16.7. The predicted molar refractivity (Wildman–Crippen MR) is 115 cm³/mol. The first kappa shape index (κ1) is 20.5. The number of H-pyrrole nitrogens is 1. The van der Waals surface area contributed by atoms with Gasteiger partial charge in [-0.25, -0.2) is 10.2 Å². The summed E-state index contributed by atoms with van der Waals surface area (Å²) < 4.78 is 1.62. The van der Waals surface area contributed by atoms with Crippen molar-refractivity contribution in [1.82, 2.24) is 15.0 Å². The molecule has 1 aromatic heterocycles. The standard InChI is InChI=1S/C20H23N5O3S/c26-17-16(13-21-24-19(28)22-15-9-5-2-6-10-15)18(27)25(20(29)23-17)12-11-14-7-3-1-4-8-14/h2,5-7,9-10,13,27H,1,3-4,8,11-12H2,(H2,22,24,28)(H,23,26,29). The first-order chi connectivity index (χ1) is 14.0. The van der Waals surface area contributed by atoms with Crippen LogP contribution in [0.4, 0.5) is 10.5 Å². The minimum absolute atomic E-state index is 0.0729. The van der Waals surface area contributed by atoms with Gasteiger partial charge >= 0.3 is 6.03 Å². The molecule has 152 valence electrons. The zero-order valence-electron chi connectivity index (χ0n) is 15.9. The molecule has 1 aromatic carbocycles. The number of aromatic amines is 1. The number of carbonyl (C=O) groups is 1. The number of hydrogen-bond acceptors (Lipinski definition) is 5. The number of carbonyl (C=O) groups excluding carboxylic acids is 1. The van der Waals surface area contributed by atoms with Gasteiger partial charge in [0.2, 0.25) is 5.88 Å². The fourth-order valence-electron chi connectivity index (χ4n) is 3.12. The van der Waals surface area contributed by atoms with Crippen LogP contribution in [0.25, 0.3) is 0 Å². The average Bonchev–Trinajstić information content (AvgIpc) is 2.71. The molecule has 3 rings (SSSR count). The van der Waals surface area contributed by atoms with Crippen LogP contribution in [0.1, 0.15) is 37.7 Å². The van der Waals surface area contributed by atoms with E-state index in [2.05, 4.69) is 26.9 Å². The zero-order chi connectivity index (χ0) is 20.6. The number of hydrazone groups is 1. The lowest BCUT2D eigenvalue weighted by Crippen LogP contribution is -2.25. The van der Waals surface area contributed by atoms with Crippen LogP contribution in [0, 0.1) is 4.77 Å². The van der Waals surface area contributed by atoms with Crippen molar-refractivity contribution in [2.24, 2.45) is 5.10 Å². The number of aromatic nitrogens is 2. The predicted octanol–water partition coefficient (Wildman–Crippen LogP) is 3.66. The Labute approximate surface area is 173 Å². The molecule has 0 unspecified atom stereocenters. The molecule has 0 aliphatic heterocycles. The summed E-state index contributed by atoms with van der Waals surface area (Å²) in [5, 5.41) is 16.9. The van der Waals surface area contributed by atoms with Crippen LogP contribution in [0.2, 0.25) is 0 Å². The SMILES string of the molecule is O=C(NN=Cc1c(O)n(CCC2=CCCCC2)c(=S)[nH]c1=O)Nc1ccccc1. The van der Waals surface area contributed by atoms with Crippen molar-refractivity contribution in [3.8, 4) is 5.88 Å². The Morgan fingerprint density at radius 1 is 1.31 bits per heavy atom. The largest absolute Gasteiger partial charge is 0.494 e. The van der Waals surface area contributed by atoms with E-state index >= 15 is 0 Å². The fourth-order valence-corrected chi connectivity index (χ4v) is 3.39. The van der Waals surface area contributed by atoms with E-state index in [1.807, 2.05) is 6.07 Å². The molecule has 1 aliphatic carbocycles. The molecule has 0 spiro atoms. The molecular weight excluding hydrogens is 390 g/mol. The Kier molecular flexibility index (Phi) is 6.96. The maximum atomic E-state index is 12.2. The minimum atomic E-state index is -0.574. The number of urea groups is 1. The van der Waals surface area contributed by atoms with E-state index in [9.17, 15) is 14.7 Å². The molecular formula is C20H23N5O3S. The highest BCUT2D eigenvalue weighted by molar-refractivity contribution is 7.71. The highest BCUT2D eigenvalue weighted by atomic mass is 32.1. The number of hydrogen-bond donors (Lipinski definition) is 4. The summed E-state index contributed by atoms with van der Waals surface area (Å²) in [4.78, 5) is 26.6. The number of amides is 2. The molecule has 29 heavy (non-hydrogen) atoms. The van der Waals surface area contributed by atoms with Crippen LogP contribution >= 0.6 is 12.2 Å². The molecule has 4 N–H and O–H groups in total. The lowest BCUT2D eigenvalue weighted by atomic mass is 9.97. The Balaban J connectivity index is 1.69. The van der Waals surface area contributed by atoms with Crippen molar-refractivity contribution in [2.45, 2.75) is 38.6 Å². The van der Waals surface area contributed by atoms with E-state index in [1.54, 1.807) is 24.3 Å². The summed E-state index contributed by atoms with van der Waals surface area (Å²) in [7, 11) is 0. The lowest BCUT2D eigenvalue weighted by molar-refractivity contribution is 0.252. The van der Waals surface area contributed by atoms with Gasteiger partial charge in [-0.3, -0.25) is 14.3 Å². The molecule has 1 heterocycles. The number of para-hydroxylation sites is 1. The van der Waals surface area contributed by atoms with Crippen LogP contribution in [0.15, 0.2) is 51.9 Å². The number of nitrogens with one attached hydrogen (secondary N) is 3. The van der Waals surface area contributed by atoms with Gasteiger partial charge in [0, 0.05) is 12.2 Å². The molecule has 0 radical (unpaired) electrons. The third-order valence-electron chi connectivity index (χ3n) is 4.64. The number of nitrogens with zero attached hydrogens (tertiary/aromatic N) is 2. The maximum absolute atomic E-state index is 12.2. The van der Waals surface area contributed by atoms with Gasteiger partial charge in [0.25, 0.3) is 5.56 Å². The Hall–Kier alpha value is -3.20. The normalized spacial score (nSPS) is 13.9. The molecule has 2 aromatic rings. The Morgan fingerprint density at radius 3 is 2.83 bits per heavy atom. The molecule has 8 nitrogen and oxygen atoms in total. The van der Waals surface area contributed by atoms with E-state index in [4.69, 9.17) is 12.2 Å². The van der Waals surface area contributed by atoms with Crippen molar-refractivity contribution < 1.29 is 9.90 Å². The topological polar surface area (TPSA) is 112 Å². The third-order valence-corrected chi connectivity index (χ3v) is 4.96. The van der Waals surface area contributed by atoms with Crippen molar-refractivity contribution >= 4 is 30.2 Å². The van der Waals surface area contributed by atoms with Crippen molar-refractivity contribution in [1.29, 1.82) is 0 Å². The Bertz CT molecular complexity index is 1040. The van der Waals surface area contributed by atoms with Gasteiger partial charge in [-0.05, 0) is 56.5 Å². The Morgan fingerprint density at radius 2 is 2.10 bits per heavy atom. The number of aromatic hydroxyl groups is 1. The smallest absolute Gasteiger partial charge is 0.339 e. The fraction of sp³-hybridized carbons (Fsp3) is 0.300. The summed E-state index contributed by atoms with van der Waals surface area (Å²) in [5.41, 5.74) is 3.55. The molecule has 0 saturated carbocycles. The van der Waals surface area contributed by atoms with Crippen molar-refractivity contribution in [3.63, 3.8) is 0 Å². The average molecular weight is 414 g/mol. The second-order valence-electron chi connectivity index (χ2n) is 6.70. The van der Waals surface area contributed by atoms with Gasteiger partial charge in [-0.1, -0.05) is 29.8 Å². The van der Waals surface area contributed by atoms with Gasteiger partial charge in [-0.15, -0.1) is 0 Å².